The Bertz CT molecular complexity index is 31.8. The molecule has 0 aliphatic heterocycles. The Balaban J connectivity index is -0.0000000450. The molecule has 0 aromatic heterocycles. The van der Waals surface area contributed by atoms with Crippen LogP contribution < -0.4 is 5.11 Å². The molecule has 32 valence electrons. The standard InChI is InChI=1S/C2H4O2.H2O.Zn/c1-2(3)4;;/h1H3,(H,3,4);1H2;/q;;+2/p-1. The fourth-order valence-electron chi connectivity index (χ4n) is 0. The molecule has 4 heteroatoms. The van der Waals surface area contributed by atoms with Gasteiger partial charge in [0, 0.05) is 5.97 Å². The summed E-state index contributed by atoms with van der Waals surface area (Å²) in [5, 5.41) is 8.89. The Morgan fingerprint density at radius 1 is 1.67 bits per heavy atom. The monoisotopic (exact) mass is 141 g/mol. The predicted octanol–water partition coefficient (Wildman–Crippen LogP) is -2.07. The maximum absolute atomic E-state index is 8.89. The van der Waals surface area contributed by atoms with Crippen molar-refractivity contribution in [3.05, 3.63) is 0 Å². The molecule has 0 fully saturated rings. The number of carbonyl (C=O) groups is 1. The quantitative estimate of drug-likeness (QED) is 0.365. The fraction of sp³-hybridized carbons (Fsp3) is 0.500. The molecule has 0 atom stereocenters. The fourth-order valence-corrected chi connectivity index (χ4v) is 0. The number of carboxylic acid groups (broad SMARTS) is 1. The molecule has 6 heavy (non-hydrogen) atoms. The van der Waals surface area contributed by atoms with Gasteiger partial charge in [-0.25, -0.2) is 0 Å². The number of aliphatic carboxylic acids is 1. The summed E-state index contributed by atoms with van der Waals surface area (Å²) in [7, 11) is 0. The van der Waals surface area contributed by atoms with Gasteiger partial charge in [0.1, 0.15) is 0 Å². The smallest absolute Gasteiger partial charge is 0.550 e. The van der Waals surface area contributed by atoms with Gasteiger partial charge >= 0.3 is 19.5 Å². The van der Waals surface area contributed by atoms with Gasteiger partial charge in [-0.2, -0.15) is 0 Å². The van der Waals surface area contributed by atoms with Crippen molar-refractivity contribution in [1.82, 2.24) is 0 Å². The van der Waals surface area contributed by atoms with Crippen LogP contribution >= 0.6 is 0 Å². The first-order chi connectivity index (χ1) is 1.73. The van der Waals surface area contributed by atoms with Crippen molar-refractivity contribution in [2.24, 2.45) is 0 Å². The van der Waals surface area contributed by atoms with Crippen LogP contribution in [0.4, 0.5) is 0 Å². The van der Waals surface area contributed by atoms with E-state index in [1.54, 1.807) is 0 Å². The van der Waals surface area contributed by atoms with Gasteiger partial charge in [0.15, 0.2) is 0 Å². The Morgan fingerprint density at radius 2 is 1.67 bits per heavy atom. The SMILES string of the molecule is CC(=O)[O-].O.[Zn+2]. The Morgan fingerprint density at radius 3 is 1.67 bits per heavy atom. The van der Waals surface area contributed by atoms with Gasteiger partial charge in [0.25, 0.3) is 0 Å². The molecule has 0 aromatic rings. The van der Waals surface area contributed by atoms with E-state index in [-0.39, 0.29) is 25.0 Å². The molecule has 0 aliphatic carbocycles. The molecule has 3 nitrogen and oxygen atoms in total. The van der Waals surface area contributed by atoms with Crippen LogP contribution in [0.15, 0.2) is 0 Å². The summed E-state index contributed by atoms with van der Waals surface area (Å²) in [4.78, 5) is 8.89. The molecule has 0 heterocycles. The molecule has 2 N–H and O–H groups in total. The maximum Gasteiger partial charge on any atom is 2.00 e. The molecule has 0 amide bonds. The predicted molar refractivity (Wildman–Crippen MR) is 14.3 cm³/mol. The van der Waals surface area contributed by atoms with Crippen molar-refractivity contribution in [2.75, 3.05) is 0 Å². The molecular weight excluding hydrogens is 137 g/mol. The topological polar surface area (TPSA) is 71.6 Å². The zero-order valence-corrected chi connectivity index (χ0v) is 6.49. The largest absolute Gasteiger partial charge is 2.00 e. The van der Waals surface area contributed by atoms with E-state index in [1.807, 2.05) is 0 Å². The first-order valence-corrected chi connectivity index (χ1v) is 0.908. The third-order valence-electron chi connectivity index (χ3n) is 0. The minimum Gasteiger partial charge on any atom is -0.550 e. The van der Waals surface area contributed by atoms with E-state index in [0.29, 0.717) is 0 Å². The number of rotatable bonds is 0. The first kappa shape index (κ1) is 16.6. The second-order valence-electron chi connectivity index (χ2n) is 0.492. The van der Waals surface area contributed by atoms with Crippen LogP contribution in [0.25, 0.3) is 0 Å². The van der Waals surface area contributed by atoms with Gasteiger partial charge in [-0.15, -0.1) is 0 Å². The van der Waals surface area contributed by atoms with Gasteiger partial charge in [-0.3, -0.25) is 0 Å². The zero-order chi connectivity index (χ0) is 3.58. The molecule has 0 radical (unpaired) electrons. The van der Waals surface area contributed by atoms with E-state index in [4.69, 9.17) is 9.90 Å². The van der Waals surface area contributed by atoms with Crippen molar-refractivity contribution in [3.63, 3.8) is 0 Å². The minimum atomic E-state index is -1.08. The second-order valence-corrected chi connectivity index (χ2v) is 0.492. The number of carboxylic acids is 1. The van der Waals surface area contributed by atoms with Crippen LogP contribution in [-0.2, 0) is 24.3 Å². The van der Waals surface area contributed by atoms with Crippen LogP contribution in [0.2, 0.25) is 0 Å². The first-order valence-electron chi connectivity index (χ1n) is 0.908. The summed E-state index contributed by atoms with van der Waals surface area (Å²) in [6.45, 7) is 0.972. The zero-order valence-electron chi connectivity index (χ0n) is 3.52. The third kappa shape index (κ3) is 13300. The van der Waals surface area contributed by atoms with Gasteiger partial charge in [-0.1, -0.05) is 0 Å². The van der Waals surface area contributed by atoms with E-state index in [2.05, 4.69) is 0 Å². The van der Waals surface area contributed by atoms with Gasteiger partial charge < -0.3 is 15.4 Å². The molecular formula is C2H5O3Zn+. The molecule has 0 aromatic carbocycles. The average molecular weight is 142 g/mol. The molecule has 0 bridgehead atoms. The second kappa shape index (κ2) is 8.91. The summed E-state index contributed by atoms with van der Waals surface area (Å²) >= 11 is 0. The maximum atomic E-state index is 8.89. The molecule has 0 saturated heterocycles. The Kier molecular flexibility index (Phi) is 24.6. The summed E-state index contributed by atoms with van der Waals surface area (Å²) in [5.41, 5.74) is 0. The number of hydrogen-bond acceptors (Lipinski definition) is 2. The van der Waals surface area contributed by atoms with E-state index in [1.165, 1.54) is 0 Å². The van der Waals surface area contributed by atoms with Crippen molar-refractivity contribution >= 4 is 5.97 Å². The molecule has 0 rings (SSSR count). The van der Waals surface area contributed by atoms with Crippen molar-refractivity contribution in [1.29, 1.82) is 0 Å². The van der Waals surface area contributed by atoms with Gasteiger partial charge in [0.2, 0.25) is 0 Å². The average Bonchev–Trinajstić information content (AvgIpc) is 0.811. The van der Waals surface area contributed by atoms with Crippen LogP contribution in [-0.4, -0.2) is 11.4 Å². The van der Waals surface area contributed by atoms with E-state index in [9.17, 15) is 0 Å². The third-order valence-corrected chi connectivity index (χ3v) is 0. The van der Waals surface area contributed by atoms with Crippen LogP contribution in [0.5, 0.6) is 0 Å². The summed E-state index contributed by atoms with van der Waals surface area (Å²) in [6, 6.07) is 0. The van der Waals surface area contributed by atoms with Gasteiger partial charge in [0.05, 0.1) is 0 Å². The summed E-state index contributed by atoms with van der Waals surface area (Å²) < 4.78 is 0. The van der Waals surface area contributed by atoms with Crippen molar-refractivity contribution in [2.45, 2.75) is 6.92 Å². The van der Waals surface area contributed by atoms with E-state index in [0.717, 1.165) is 6.92 Å². The van der Waals surface area contributed by atoms with Crippen LogP contribution in [0, 0.1) is 0 Å². The summed E-state index contributed by atoms with van der Waals surface area (Å²) in [5.74, 6) is -1.08. The van der Waals surface area contributed by atoms with Crippen LogP contribution in [0.3, 0.4) is 0 Å². The van der Waals surface area contributed by atoms with Crippen LogP contribution in [0.1, 0.15) is 6.92 Å². The van der Waals surface area contributed by atoms with Crippen molar-refractivity contribution < 1.29 is 34.9 Å². The molecule has 0 saturated carbocycles. The molecule has 0 unspecified atom stereocenters. The minimum absolute atomic E-state index is 0. The molecule has 0 aliphatic rings. The normalized spacial score (nSPS) is 4.17. The van der Waals surface area contributed by atoms with Gasteiger partial charge in [-0.05, 0) is 6.92 Å². The Hall–Kier alpha value is 0.0534. The number of hydrogen-bond donors (Lipinski definition) is 0. The van der Waals surface area contributed by atoms with E-state index >= 15 is 0 Å². The molecule has 0 spiro atoms. The summed E-state index contributed by atoms with van der Waals surface area (Å²) in [6.07, 6.45) is 0. The Labute approximate surface area is 48.4 Å². The number of carbonyl (C=O) groups excluding carboxylic acids is 1. The van der Waals surface area contributed by atoms with Crippen molar-refractivity contribution in [3.8, 4) is 0 Å². The van der Waals surface area contributed by atoms with E-state index < -0.39 is 5.97 Å².